The topological polar surface area (TPSA) is 69.2 Å². The van der Waals surface area contributed by atoms with Gasteiger partial charge < -0.3 is 15.5 Å². The maximum atomic E-state index is 7.67. The van der Waals surface area contributed by atoms with Crippen LogP contribution in [0, 0.1) is 5.41 Å². The summed E-state index contributed by atoms with van der Waals surface area (Å²) in [6.07, 6.45) is 0.960. The molecule has 1 aliphatic rings. The van der Waals surface area contributed by atoms with E-state index in [9.17, 15) is 0 Å². The van der Waals surface area contributed by atoms with Gasteiger partial charge in [0.05, 0.1) is 15.6 Å². The van der Waals surface area contributed by atoms with E-state index in [1.54, 1.807) is 11.3 Å². The van der Waals surface area contributed by atoms with Crippen molar-refractivity contribution in [1.82, 2.24) is 14.8 Å². The number of nitrogens with zero attached hydrogens (tertiary/aromatic N) is 3. The van der Waals surface area contributed by atoms with Gasteiger partial charge in [-0.15, -0.1) is 11.3 Å². The zero-order valence-corrected chi connectivity index (χ0v) is 13.5. The van der Waals surface area contributed by atoms with Gasteiger partial charge in [0.25, 0.3) is 0 Å². The van der Waals surface area contributed by atoms with Crippen molar-refractivity contribution >= 4 is 17.2 Å². The summed E-state index contributed by atoms with van der Waals surface area (Å²) >= 11 is 1.59. The molecule has 0 bridgehead atoms. The molecule has 1 aliphatic heterocycles. The first kappa shape index (κ1) is 15.4. The zero-order chi connectivity index (χ0) is 14.7. The van der Waals surface area contributed by atoms with Crippen molar-refractivity contribution < 1.29 is 0 Å². The summed E-state index contributed by atoms with van der Waals surface area (Å²) < 4.78 is 0. The van der Waals surface area contributed by atoms with Gasteiger partial charge in [-0.3, -0.25) is 5.41 Å². The third kappa shape index (κ3) is 3.77. The molecule has 3 N–H and O–H groups in total. The van der Waals surface area contributed by atoms with Crippen molar-refractivity contribution in [3.05, 3.63) is 15.6 Å². The van der Waals surface area contributed by atoms with Crippen molar-refractivity contribution in [1.29, 1.82) is 5.41 Å². The molecule has 0 radical (unpaired) electrons. The van der Waals surface area contributed by atoms with Crippen molar-refractivity contribution in [3.8, 4) is 0 Å². The number of nitrogens with one attached hydrogen (secondary N) is 1. The molecule has 2 heterocycles. The lowest BCUT2D eigenvalue weighted by atomic mass is 10.1. The Labute approximate surface area is 125 Å². The van der Waals surface area contributed by atoms with E-state index in [1.165, 1.54) is 0 Å². The number of amidine groups is 1. The normalized spacial score (nSPS) is 17.8. The Morgan fingerprint density at radius 1 is 1.35 bits per heavy atom. The van der Waals surface area contributed by atoms with Crippen LogP contribution in [0.2, 0.25) is 0 Å². The molecule has 1 saturated heterocycles. The van der Waals surface area contributed by atoms with E-state index in [1.807, 2.05) is 0 Å². The smallest absolute Gasteiger partial charge is 0.135 e. The number of likely N-dealkylation sites (N-methyl/N-ethyl adjacent to an activating group) is 1. The largest absolute Gasteiger partial charge is 0.383 e. The molecule has 0 unspecified atom stereocenters. The van der Waals surface area contributed by atoms with Gasteiger partial charge in [-0.05, 0) is 13.0 Å². The number of nitrogen functional groups attached to an aromatic ring is 1. The number of hydrogen-bond donors (Lipinski definition) is 2. The second kappa shape index (κ2) is 6.65. The van der Waals surface area contributed by atoms with Gasteiger partial charge in [-0.25, -0.2) is 4.98 Å². The first-order valence-electron chi connectivity index (χ1n) is 7.22. The first-order valence-corrected chi connectivity index (χ1v) is 8.04. The summed E-state index contributed by atoms with van der Waals surface area (Å²) in [6, 6.07) is 0. The molecule has 1 fully saturated rings. The highest BCUT2D eigenvalue weighted by Gasteiger charge is 2.18. The van der Waals surface area contributed by atoms with E-state index in [4.69, 9.17) is 16.1 Å². The molecule has 1 aromatic heterocycles. The predicted octanol–water partition coefficient (Wildman–Crippen LogP) is 1.34. The predicted molar refractivity (Wildman–Crippen MR) is 84.9 cm³/mol. The maximum Gasteiger partial charge on any atom is 0.135 e. The summed E-state index contributed by atoms with van der Waals surface area (Å²) in [4.78, 5) is 10.4. The molecule has 0 saturated carbocycles. The molecule has 2 rings (SSSR count). The molecular weight excluding hydrogens is 270 g/mol. The summed E-state index contributed by atoms with van der Waals surface area (Å²) in [5.74, 6) is 0.472. The summed E-state index contributed by atoms with van der Waals surface area (Å²) in [5.41, 5.74) is 6.64. The number of thiazole rings is 1. The van der Waals surface area contributed by atoms with Crippen LogP contribution in [-0.2, 0) is 6.42 Å². The van der Waals surface area contributed by atoms with Crippen LogP contribution in [0.1, 0.15) is 35.3 Å². The highest BCUT2D eigenvalue weighted by atomic mass is 32.1. The van der Waals surface area contributed by atoms with E-state index in [2.05, 4.69) is 30.7 Å². The highest BCUT2D eigenvalue weighted by molar-refractivity contribution is 7.13. The van der Waals surface area contributed by atoms with E-state index in [0.717, 1.165) is 54.7 Å². The Hall–Kier alpha value is -0.980. The van der Waals surface area contributed by atoms with Crippen LogP contribution in [0.3, 0.4) is 0 Å². The Kier molecular flexibility index (Phi) is 5.12. The molecule has 0 atom stereocenters. The van der Waals surface area contributed by atoms with E-state index >= 15 is 0 Å². The van der Waals surface area contributed by atoms with Crippen LogP contribution in [-0.4, -0.2) is 60.4 Å². The lowest BCUT2D eigenvalue weighted by molar-refractivity contribution is 0.155. The molecule has 0 aliphatic carbocycles. The van der Waals surface area contributed by atoms with Gasteiger partial charge in [0, 0.05) is 39.1 Å². The Balaban J connectivity index is 1.96. The van der Waals surface area contributed by atoms with Crippen LogP contribution < -0.4 is 5.73 Å². The van der Waals surface area contributed by atoms with Gasteiger partial charge in [0.15, 0.2) is 0 Å². The van der Waals surface area contributed by atoms with Crippen LogP contribution in [0.25, 0.3) is 0 Å². The Morgan fingerprint density at radius 2 is 2.00 bits per heavy atom. The van der Waals surface area contributed by atoms with Crippen molar-refractivity contribution in [3.63, 3.8) is 0 Å². The fourth-order valence-electron chi connectivity index (χ4n) is 2.39. The van der Waals surface area contributed by atoms with Crippen LogP contribution >= 0.6 is 11.3 Å². The lowest BCUT2D eigenvalue weighted by Gasteiger charge is -2.32. The average Bonchev–Trinajstić information content (AvgIpc) is 2.83. The minimum Gasteiger partial charge on any atom is -0.383 e. The van der Waals surface area contributed by atoms with E-state index in [-0.39, 0.29) is 5.84 Å². The lowest BCUT2D eigenvalue weighted by Crippen LogP contribution is -2.45. The van der Waals surface area contributed by atoms with Crippen LogP contribution in [0.4, 0.5) is 0 Å². The van der Waals surface area contributed by atoms with Gasteiger partial charge >= 0.3 is 0 Å². The minimum atomic E-state index is 0.150. The molecule has 0 aromatic carbocycles. The average molecular weight is 295 g/mol. The number of rotatable bonds is 5. The highest BCUT2D eigenvalue weighted by Crippen LogP contribution is 2.25. The Bertz CT molecular complexity index is 460. The molecule has 6 heteroatoms. The number of hydrogen-bond acceptors (Lipinski definition) is 5. The van der Waals surface area contributed by atoms with Gasteiger partial charge in [-0.2, -0.15) is 0 Å². The monoisotopic (exact) mass is 295 g/mol. The molecule has 5 nitrogen and oxygen atoms in total. The SMILES string of the molecule is CC(C)c1nc(CCN2CCN(C)CC2)sc1C(=N)N. The second-order valence-corrected chi connectivity index (χ2v) is 6.87. The molecule has 20 heavy (non-hydrogen) atoms. The fourth-order valence-corrected chi connectivity index (χ4v) is 3.46. The van der Waals surface area contributed by atoms with Crippen molar-refractivity contribution in [2.45, 2.75) is 26.2 Å². The minimum absolute atomic E-state index is 0.150. The molecular formula is C14H25N5S. The summed E-state index contributed by atoms with van der Waals surface area (Å²) in [7, 11) is 2.17. The number of nitrogens with two attached hydrogens (primary N) is 1. The van der Waals surface area contributed by atoms with Crippen LogP contribution in [0.5, 0.6) is 0 Å². The fraction of sp³-hybridized carbons (Fsp3) is 0.714. The standard InChI is InChI=1S/C14H25N5S/c1-10(2)12-13(14(15)16)20-11(17-12)4-5-19-8-6-18(3)7-9-19/h10H,4-9H2,1-3H3,(H3,15,16). The molecule has 0 amide bonds. The maximum absolute atomic E-state index is 7.67. The molecule has 112 valence electrons. The van der Waals surface area contributed by atoms with Gasteiger partial charge in [0.2, 0.25) is 0 Å². The first-order chi connectivity index (χ1) is 9.47. The summed E-state index contributed by atoms with van der Waals surface area (Å²) in [6.45, 7) is 9.83. The molecule has 0 spiro atoms. The van der Waals surface area contributed by atoms with Gasteiger partial charge in [-0.1, -0.05) is 13.8 Å². The zero-order valence-electron chi connectivity index (χ0n) is 12.6. The second-order valence-electron chi connectivity index (χ2n) is 5.79. The Morgan fingerprint density at radius 3 is 2.50 bits per heavy atom. The number of aromatic nitrogens is 1. The number of piperazine rings is 1. The van der Waals surface area contributed by atoms with E-state index < -0.39 is 0 Å². The third-order valence-electron chi connectivity index (χ3n) is 3.73. The van der Waals surface area contributed by atoms with Crippen molar-refractivity contribution in [2.75, 3.05) is 39.8 Å². The van der Waals surface area contributed by atoms with E-state index in [0.29, 0.717) is 5.92 Å². The third-order valence-corrected chi connectivity index (χ3v) is 4.89. The summed E-state index contributed by atoms with van der Waals surface area (Å²) in [5, 5.41) is 8.77. The van der Waals surface area contributed by atoms with Crippen molar-refractivity contribution in [2.24, 2.45) is 5.73 Å². The quantitative estimate of drug-likeness (QED) is 0.635. The molecule has 1 aromatic rings. The van der Waals surface area contributed by atoms with Gasteiger partial charge in [0.1, 0.15) is 5.84 Å². The van der Waals surface area contributed by atoms with Crippen LogP contribution in [0.15, 0.2) is 0 Å².